The van der Waals surface area contributed by atoms with Gasteiger partial charge in [0.05, 0.1) is 12.6 Å². The van der Waals surface area contributed by atoms with Crippen LogP contribution in [0.15, 0.2) is 18.2 Å². The molecule has 2 rings (SSSR count). The fourth-order valence-electron chi connectivity index (χ4n) is 2.52. The van der Waals surface area contributed by atoms with Gasteiger partial charge in [-0.3, -0.25) is 4.79 Å². The Morgan fingerprint density at radius 1 is 1.42 bits per heavy atom. The number of ether oxygens (including phenoxy) is 1. The largest absolute Gasteiger partial charge is 0.494 e. The van der Waals surface area contributed by atoms with Crippen molar-refractivity contribution >= 4 is 5.91 Å². The van der Waals surface area contributed by atoms with Crippen molar-refractivity contribution in [2.45, 2.75) is 38.6 Å². The summed E-state index contributed by atoms with van der Waals surface area (Å²) in [5.74, 6) is 0.569. The Kier molecular flexibility index (Phi) is 4.80. The first-order valence-electron chi connectivity index (χ1n) is 6.98. The minimum Gasteiger partial charge on any atom is -0.494 e. The third-order valence-electron chi connectivity index (χ3n) is 3.54. The van der Waals surface area contributed by atoms with Gasteiger partial charge in [-0.1, -0.05) is 13.0 Å². The Labute approximate surface area is 114 Å². The van der Waals surface area contributed by atoms with E-state index in [1.54, 1.807) is 0 Å². The molecule has 4 nitrogen and oxygen atoms in total. The molecule has 0 bridgehead atoms. The monoisotopic (exact) mass is 262 g/mol. The van der Waals surface area contributed by atoms with Crippen LogP contribution in [0.5, 0.6) is 5.75 Å². The van der Waals surface area contributed by atoms with E-state index in [0.29, 0.717) is 13.0 Å². The number of carbonyl (C=O) groups excluding carboxylic acids is 1. The molecule has 1 atom stereocenters. The molecular weight excluding hydrogens is 240 g/mol. The van der Waals surface area contributed by atoms with Crippen LogP contribution in [0.3, 0.4) is 0 Å². The maximum atomic E-state index is 11.2. The fourth-order valence-corrected chi connectivity index (χ4v) is 2.52. The standard InChI is InChI=1S/C15H22N2O2/c1-2-17-14(15(16)18)8-9-19-13-7-6-11-4-3-5-12(11)10-13/h6-7,10,14,17H,2-5,8-9H2,1H3,(H2,16,18). The molecule has 0 saturated heterocycles. The molecule has 0 spiro atoms. The summed E-state index contributed by atoms with van der Waals surface area (Å²) in [5, 5.41) is 3.06. The van der Waals surface area contributed by atoms with Crippen LogP contribution in [0.25, 0.3) is 0 Å². The van der Waals surface area contributed by atoms with Gasteiger partial charge in [0.25, 0.3) is 0 Å². The second kappa shape index (κ2) is 6.57. The summed E-state index contributed by atoms with van der Waals surface area (Å²) >= 11 is 0. The number of hydrogen-bond acceptors (Lipinski definition) is 3. The SMILES string of the molecule is CCNC(CCOc1ccc2c(c1)CCC2)C(N)=O. The van der Waals surface area contributed by atoms with Gasteiger partial charge in [-0.15, -0.1) is 0 Å². The summed E-state index contributed by atoms with van der Waals surface area (Å²) in [5.41, 5.74) is 8.16. The highest BCUT2D eigenvalue weighted by Crippen LogP contribution is 2.26. The number of amides is 1. The number of aryl methyl sites for hydroxylation is 2. The molecule has 3 N–H and O–H groups in total. The summed E-state index contributed by atoms with van der Waals surface area (Å²) in [7, 11) is 0. The zero-order valence-corrected chi connectivity index (χ0v) is 11.4. The van der Waals surface area contributed by atoms with Crippen molar-refractivity contribution in [1.82, 2.24) is 5.32 Å². The van der Waals surface area contributed by atoms with Gasteiger partial charge in [0.1, 0.15) is 5.75 Å². The van der Waals surface area contributed by atoms with Crippen molar-refractivity contribution in [2.75, 3.05) is 13.2 Å². The van der Waals surface area contributed by atoms with Crippen molar-refractivity contribution in [1.29, 1.82) is 0 Å². The second-order valence-corrected chi connectivity index (χ2v) is 4.93. The zero-order chi connectivity index (χ0) is 13.7. The Hall–Kier alpha value is -1.55. The average molecular weight is 262 g/mol. The van der Waals surface area contributed by atoms with E-state index in [1.807, 2.05) is 13.0 Å². The van der Waals surface area contributed by atoms with Gasteiger partial charge in [-0.2, -0.15) is 0 Å². The zero-order valence-electron chi connectivity index (χ0n) is 11.4. The molecule has 0 saturated carbocycles. The van der Waals surface area contributed by atoms with E-state index in [1.165, 1.54) is 24.0 Å². The fraction of sp³-hybridized carbons (Fsp3) is 0.533. The minimum absolute atomic E-state index is 0.306. The third-order valence-corrected chi connectivity index (χ3v) is 3.54. The lowest BCUT2D eigenvalue weighted by molar-refractivity contribution is -0.120. The average Bonchev–Trinajstić information content (AvgIpc) is 2.85. The lowest BCUT2D eigenvalue weighted by Crippen LogP contribution is -2.42. The molecule has 0 heterocycles. The van der Waals surface area contributed by atoms with Crippen molar-refractivity contribution in [3.63, 3.8) is 0 Å². The Morgan fingerprint density at radius 3 is 2.95 bits per heavy atom. The van der Waals surface area contributed by atoms with E-state index in [-0.39, 0.29) is 11.9 Å². The number of carbonyl (C=O) groups is 1. The highest BCUT2D eigenvalue weighted by Gasteiger charge is 2.14. The number of rotatable bonds is 7. The molecule has 1 aliphatic carbocycles. The maximum absolute atomic E-state index is 11.2. The number of benzene rings is 1. The Balaban J connectivity index is 1.83. The van der Waals surface area contributed by atoms with Crippen molar-refractivity contribution in [3.8, 4) is 5.75 Å². The molecule has 1 aromatic rings. The molecule has 4 heteroatoms. The molecule has 1 aliphatic rings. The number of fused-ring (bicyclic) bond motifs is 1. The molecular formula is C15H22N2O2. The Bertz CT molecular complexity index is 446. The third kappa shape index (κ3) is 3.70. The van der Waals surface area contributed by atoms with Gasteiger partial charge in [0.15, 0.2) is 0 Å². The highest BCUT2D eigenvalue weighted by atomic mass is 16.5. The topological polar surface area (TPSA) is 64.3 Å². The van der Waals surface area contributed by atoms with Gasteiger partial charge >= 0.3 is 0 Å². The van der Waals surface area contributed by atoms with Crippen molar-refractivity contribution < 1.29 is 9.53 Å². The molecule has 0 fully saturated rings. The summed E-state index contributed by atoms with van der Waals surface area (Å²) in [6, 6.07) is 5.97. The summed E-state index contributed by atoms with van der Waals surface area (Å²) in [6.45, 7) is 3.18. The van der Waals surface area contributed by atoms with Gasteiger partial charge in [-0.05, 0) is 49.1 Å². The van der Waals surface area contributed by atoms with Crippen LogP contribution in [0.1, 0.15) is 30.9 Å². The van der Waals surface area contributed by atoms with Crippen LogP contribution in [0.4, 0.5) is 0 Å². The Morgan fingerprint density at radius 2 is 2.21 bits per heavy atom. The highest BCUT2D eigenvalue weighted by molar-refractivity contribution is 5.79. The molecule has 1 amide bonds. The van der Waals surface area contributed by atoms with E-state index in [2.05, 4.69) is 17.4 Å². The number of primary amides is 1. The van der Waals surface area contributed by atoms with Crippen molar-refractivity contribution in [3.05, 3.63) is 29.3 Å². The second-order valence-electron chi connectivity index (χ2n) is 4.93. The van der Waals surface area contributed by atoms with E-state index in [9.17, 15) is 4.79 Å². The quantitative estimate of drug-likeness (QED) is 0.781. The van der Waals surface area contributed by atoms with Crippen molar-refractivity contribution in [2.24, 2.45) is 5.73 Å². The van der Waals surface area contributed by atoms with E-state index < -0.39 is 0 Å². The molecule has 0 radical (unpaired) electrons. The molecule has 0 aliphatic heterocycles. The van der Waals surface area contributed by atoms with Gasteiger partial charge in [-0.25, -0.2) is 0 Å². The molecule has 0 aromatic heterocycles. The smallest absolute Gasteiger partial charge is 0.234 e. The van der Waals surface area contributed by atoms with Crippen LogP contribution in [0.2, 0.25) is 0 Å². The lowest BCUT2D eigenvalue weighted by Gasteiger charge is -2.14. The molecule has 19 heavy (non-hydrogen) atoms. The van der Waals surface area contributed by atoms with E-state index >= 15 is 0 Å². The number of nitrogens with two attached hydrogens (primary N) is 1. The number of likely N-dealkylation sites (N-methyl/N-ethyl adjacent to an activating group) is 1. The van der Waals surface area contributed by atoms with Crippen LogP contribution in [-0.4, -0.2) is 25.1 Å². The van der Waals surface area contributed by atoms with Crippen LogP contribution in [0, 0.1) is 0 Å². The van der Waals surface area contributed by atoms with E-state index in [4.69, 9.17) is 10.5 Å². The number of hydrogen-bond donors (Lipinski definition) is 2. The van der Waals surface area contributed by atoms with Crippen LogP contribution in [-0.2, 0) is 17.6 Å². The predicted octanol–water partition coefficient (Wildman–Crippen LogP) is 1.41. The van der Waals surface area contributed by atoms with Gasteiger partial charge in [0.2, 0.25) is 5.91 Å². The van der Waals surface area contributed by atoms with Gasteiger partial charge in [0, 0.05) is 6.42 Å². The van der Waals surface area contributed by atoms with E-state index in [0.717, 1.165) is 18.7 Å². The number of nitrogens with one attached hydrogen (secondary N) is 1. The normalized spacial score (nSPS) is 15.0. The predicted molar refractivity (Wildman–Crippen MR) is 75.2 cm³/mol. The lowest BCUT2D eigenvalue weighted by atomic mass is 10.1. The first kappa shape index (κ1) is 13.9. The van der Waals surface area contributed by atoms with Crippen LogP contribution < -0.4 is 15.8 Å². The van der Waals surface area contributed by atoms with Gasteiger partial charge < -0.3 is 15.8 Å². The molecule has 104 valence electrons. The maximum Gasteiger partial charge on any atom is 0.234 e. The van der Waals surface area contributed by atoms with Crippen LogP contribution >= 0.6 is 0 Å². The molecule has 1 unspecified atom stereocenters. The molecule has 1 aromatic carbocycles. The summed E-state index contributed by atoms with van der Waals surface area (Å²) < 4.78 is 5.71. The minimum atomic E-state index is -0.320. The summed E-state index contributed by atoms with van der Waals surface area (Å²) in [4.78, 5) is 11.2. The first-order chi connectivity index (χ1) is 9.20. The summed E-state index contributed by atoms with van der Waals surface area (Å²) in [6.07, 6.45) is 4.16. The first-order valence-corrected chi connectivity index (χ1v) is 6.98.